The fraction of sp³-hybridized carbons (Fsp3) is 0.286. The molecule has 4 amide bonds. The van der Waals surface area contributed by atoms with Crippen LogP contribution >= 0.6 is 0 Å². The maximum absolute atomic E-state index is 13.1. The van der Waals surface area contributed by atoms with E-state index in [-0.39, 0.29) is 25.0 Å². The van der Waals surface area contributed by atoms with Crippen molar-refractivity contribution < 1.29 is 24.0 Å². The molecule has 0 aliphatic carbocycles. The summed E-state index contributed by atoms with van der Waals surface area (Å²) in [4.78, 5) is 53.7. The van der Waals surface area contributed by atoms with Gasteiger partial charge in [-0.1, -0.05) is 60.7 Å². The summed E-state index contributed by atoms with van der Waals surface area (Å²) < 4.78 is 0. The predicted octanol–water partition coefficient (Wildman–Crippen LogP) is 2.72. The third-order valence-corrected chi connectivity index (χ3v) is 5.74. The van der Waals surface area contributed by atoms with Crippen molar-refractivity contribution in [2.24, 2.45) is 0 Å². The average Bonchev–Trinajstić information content (AvgIpc) is 2.91. The van der Waals surface area contributed by atoms with Gasteiger partial charge in [0.05, 0.1) is 13.2 Å². The molecule has 9 nitrogen and oxygen atoms in total. The van der Waals surface area contributed by atoms with E-state index in [4.69, 9.17) is 4.84 Å². The van der Waals surface area contributed by atoms with Crippen molar-refractivity contribution in [3.63, 3.8) is 0 Å². The monoisotopic (exact) mass is 506 g/mol. The van der Waals surface area contributed by atoms with Gasteiger partial charge in [0.1, 0.15) is 0 Å². The number of amides is 4. The minimum absolute atomic E-state index is 0.00848. The van der Waals surface area contributed by atoms with E-state index in [2.05, 4.69) is 16.0 Å². The maximum atomic E-state index is 13.1. The van der Waals surface area contributed by atoms with Gasteiger partial charge in [-0.2, -0.15) is 0 Å². The van der Waals surface area contributed by atoms with E-state index in [1.54, 1.807) is 26.0 Å². The fourth-order valence-corrected chi connectivity index (χ4v) is 3.64. The first kappa shape index (κ1) is 29.0. The van der Waals surface area contributed by atoms with E-state index in [1.165, 1.54) is 26.3 Å². The Bertz CT molecular complexity index is 1230. The Labute approximate surface area is 217 Å². The lowest BCUT2D eigenvalue weighted by atomic mass is 9.98. The smallest absolute Gasteiger partial charge is 0.309 e. The zero-order valence-corrected chi connectivity index (χ0v) is 21.8. The summed E-state index contributed by atoms with van der Waals surface area (Å²) >= 11 is 0. The van der Waals surface area contributed by atoms with Gasteiger partial charge in [0.2, 0.25) is 0 Å². The van der Waals surface area contributed by atoms with E-state index < -0.39 is 17.7 Å². The highest BCUT2D eigenvalue weighted by Gasteiger charge is 2.19. The van der Waals surface area contributed by atoms with Gasteiger partial charge in [-0.25, -0.2) is 5.06 Å². The summed E-state index contributed by atoms with van der Waals surface area (Å²) in [7, 11) is 2.80. The molecular formula is C28H34N4O5. The van der Waals surface area contributed by atoms with E-state index in [0.29, 0.717) is 11.1 Å². The molecule has 37 heavy (non-hydrogen) atoms. The molecule has 1 unspecified atom stereocenters. The SMILES string of the molecule is C/C=C(CNC(=O)C(=O)NC/C=C/C(=O)N(C)OC)\C(=C/C)C(=O)NC(C)c1cccc2ccccc12. The van der Waals surface area contributed by atoms with E-state index in [0.717, 1.165) is 21.4 Å². The largest absolute Gasteiger partial charge is 0.345 e. The average molecular weight is 507 g/mol. The highest BCUT2D eigenvalue weighted by atomic mass is 16.7. The second-order valence-corrected chi connectivity index (χ2v) is 8.09. The first-order valence-corrected chi connectivity index (χ1v) is 11.9. The van der Waals surface area contributed by atoms with Crippen LogP contribution in [0.25, 0.3) is 10.8 Å². The number of hydrogen-bond acceptors (Lipinski definition) is 5. The molecule has 2 aromatic carbocycles. The highest BCUT2D eigenvalue weighted by molar-refractivity contribution is 6.35. The Morgan fingerprint density at radius 1 is 0.946 bits per heavy atom. The van der Waals surface area contributed by atoms with Crippen molar-refractivity contribution in [3.05, 3.63) is 83.5 Å². The molecule has 0 heterocycles. The lowest BCUT2D eigenvalue weighted by Gasteiger charge is -2.19. The second kappa shape index (κ2) is 14.4. The number of carbonyl (C=O) groups is 4. The molecule has 2 rings (SSSR count). The lowest BCUT2D eigenvalue weighted by Crippen LogP contribution is -2.41. The zero-order chi connectivity index (χ0) is 27.4. The number of fused-ring (bicyclic) bond motifs is 1. The van der Waals surface area contributed by atoms with Crippen molar-refractivity contribution >= 4 is 34.4 Å². The zero-order valence-electron chi connectivity index (χ0n) is 21.8. The number of hydrogen-bond donors (Lipinski definition) is 3. The number of hydroxylamine groups is 2. The first-order valence-electron chi connectivity index (χ1n) is 11.9. The van der Waals surface area contributed by atoms with Crippen molar-refractivity contribution in [2.75, 3.05) is 27.2 Å². The fourth-order valence-electron chi connectivity index (χ4n) is 3.64. The molecule has 196 valence electrons. The van der Waals surface area contributed by atoms with Crippen molar-refractivity contribution in [2.45, 2.75) is 26.8 Å². The van der Waals surface area contributed by atoms with Crippen LogP contribution in [-0.4, -0.2) is 55.9 Å². The summed E-state index contributed by atoms with van der Waals surface area (Å²) in [6.45, 7) is 5.39. The molecule has 1 atom stereocenters. The Balaban J connectivity index is 1.94. The summed E-state index contributed by atoms with van der Waals surface area (Å²) in [6.07, 6.45) is 6.01. The van der Waals surface area contributed by atoms with Crippen molar-refractivity contribution in [1.29, 1.82) is 0 Å². The van der Waals surface area contributed by atoms with Crippen LogP contribution in [-0.2, 0) is 24.0 Å². The van der Waals surface area contributed by atoms with Gasteiger partial charge in [0.15, 0.2) is 0 Å². The quantitative estimate of drug-likeness (QED) is 0.198. The van der Waals surface area contributed by atoms with Crippen LogP contribution in [0.4, 0.5) is 0 Å². The van der Waals surface area contributed by atoms with Gasteiger partial charge < -0.3 is 16.0 Å². The number of benzene rings is 2. The van der Waals surface area contributed by atoms with Gasteiger partial charge in [-0.3, -0.25) is 24.0 Å². The van der Waals surface area contributed by atoms with Crippen molar-refractivity contribution in [1.82, 2.24) is 21.0 Å². The number of carbonyl (C=O) groups excluding carboxylic acids is 4. The molecule has 0 aliphatic heterocycles. The van der Waals surface area contributed by atoms with Gasteiger partial charge in [0, 0.05) is 31.8 Å². The lowest BCUT2D eigenvalue weighted by molar-refractivity contribution is -0.162. The van der Waals surface area contributed by atoms with Crippen LogP contribution in [0.2, 0.25) is 0 Å². The van der Waals surface area contributed by atoms with Crippen LogP contribution in [0, 0.1) is 0 Å². The second-order valence-electron chi connectivity index (χ2n) is 8.09. The first-order chi connectivity index (χ1) is 17.7. The Morgan fingerprint density at radius 3 is 2.30 bits per heavy atom. The molecule has 0 radical (unpaired) electrons. The summed E-state index contributed by atoms with van der Waals surface area (Å²) in [5.41, 5.74) is 1.97. The molecule has 0 fully saturated rings. The molecule has 0 saturated heterocycles. The standard InChI is InChI=1S/C28H34N4O5/c1-6-20(18-30-28(36)27(35)29-17-11-16-25(33)32(4)37-5)22(7-2)26(34)31-19(3)23-15-10-13-21-12-8-9-14-24(21)23/h6-16,19H,17-18H2,1-5H3,(H,29,35)(H,30,36)(H,31,34)/b16-11+,20-6-,22-7+. The Morgan fingerprint density at radius 2 is 1.62 bits per heavy atom. The minimum atomic E-state index is -0.858. The predicted molar refractivity (Wildman–Crippen MR) is 143 cm³/mol. The third-order valence-electron chi connectivity index (χ3n) is 5.74. The van der Waals surface area contributed by atoms with E-state index in [9.17, 15) is 19.2 Å². The Hall–Kier alpha value is -4.24. The normalized spacial score (nSPS) is 12.8. The molecule has 9 heteroatoms. The number of allylic oxidation sites excluding steroid dienone is 2. The molecular weight excluding hydrogens is 472 g/mol. The van der Waals surface area contributed by atoms with E-state index in [1.807, 2.05) is 49.4 Å². The molecule has 2 aromatic rings. The van der Waals surface area contributed by atoms with Gasteiger partial charge >= 0.3 is 11.8 Å². The molecule has 0 bridgehead atoms. The molecule has 3 N–H and O–H groups in total. The van der Waals surface area contributed by atoms with E-state index >= 15 is 0 Å². The van der Waals surface area contributed by atoms with Crippen LogP contribution in [0.3, 0.4) is 0 Å². The number of nitrogens with one attached hydrogen (secondary N) is 3. The maximum Gasteiger partial charge on any atom is 0.309 e. The molecule has 0 aliphatic rings. The van der Waals surface area contributed by atoms with Crippen LogP contribution in [0.1, 0.15) is 32.4 Å². The Kier molecular flexibility index (Phi) is 11.2. The van der Waals surface area contributed by atoms with Gasteiger partial charge in [-0.05, 0) is 42.7 Å². The van der Waals surface area contributed by atoms with Gasteiger partial charge in [-0.15, -0.1) is 0 Å². The highest BCUT2D eigenvalue weighted by Crippen LogP contribution is 2.24. The molecule has 0 spiro atoms. The number of nitrogens with zero attached hydrogens (tertiary/aromatic N) is 1. The van der Waals surface area contributed by atoms with Crippen LogP contribution < -0.4 is 16.0 Å². The van der Waals surface area contributed by atoms with Gasteiger partial charge in [0.25, 0.3) is 11.8 Å². The summed E-state index contributed by atoms with van der Waals surface area (Å²) in [5.74, 6) is -2.41. The number of likely N-dealkylation sites (N-methyl/N-ethyl adjacent to an activating group) is 1. The summed E-state index contributed by atoms with van der Waals surface area (Å²) in [6, 6.07) is 13.7. The van der Waals surface area contributed by atoms with Crippen LogP contribution in [0.5, 0.6) is 0 Å². The molecule has 0 saturated carbocycles. The minimum Gasteiger partial charge on any atom is -0.345 e. The third kappa shape index (κ3) is 8.15. The van der Waals surface area contributed by atoms with Crippen molar-refractivity contribution in [3.8, 4) is 0 Å². The molecule has 0 aromatic heterocycles. The topological polar surface area (TPSA) is 117 Å². The van der Waals surface area contributed by atoms with Crippen LogP contribution in [0.15, 0.2) is 77.9 Å². The number of rotatable bonds is 10. The summed E-state index contributed by atoms with van der Waals surface area (Å²) in [5, 5.41) is 11.1.